The number of benzene rings is 1. The zero-order valence-electron chi connectivity index (χ0n) is 17.3. The molecule has 0 saturated heterocycles. The number of rotatable bonds is 7. The molecule has 2 bridgehead atoms. The topological polar surface area (TPSA) is 91.7 Å². The number of nitrogens with one attached hydrogen (secondary N) is 1. The van der Waals surface area contributed by atoms with Gasteiger partial charge in [0.1, 0.15) is 17.4 Å². The number of halogens is 3. The summed E-state index contributed by atoms with van der Waals surface area (Å²) in [4.78, 5) is 9.04. The Morgan fingerprint density at radius 2 is 2.03 bits per heavy atom. The number of hydrogen-bond acceptors (Lipinski definition) is 7. The first-order chi connectivity index (χ1) is 15.3. The zero-order chi connectivity index (χ0) is 22.5. The summed E-state index contributed by atoms with van der Waals surface area (Å²) in [6, 6.07) is 3.29. The first kappa shape index (κ1) is 21.8. The quantitative estimate of drug-likeness (QED) is 0.620. The van der Waals surface area contributed by atoms with Crippen molar-refractivity contribution in [2.24, 2.45) is 22.7 Å². The fourth-order valence-corrected chi connectivity index (χ4v) is 5.74. The van der Waals surface area contributed by atoms with Crippen LogP contribution in [0.3, 0.4) is 0 Å². The number of fused-ring (bicyclic) bond motifs is 3. The molecule has 10 heteroatoms. The molecule has 0 radical (unpaired) electrons. The van der Waals surface area contributed by atoms with Gasteiger partial charge in [0.2, 0.25) is 0 Å². The molecule has 0 amide bonds. The lowest BCUT2D eigenvalue weighted by molar-refractivity contribution is -0.210. The van der Waals surface area contributed by atoms with E-state index in [1.807, 2.05) is 0 Å². The molecule has 172 valence electrons. The normalized spacial score (nSPS) is 26.2. The fourth-order valence-electron chi connectivity index (χ4n) is 4.86. The lowest BCUT2D eigenvalue weighted by atomic mass is 9.59. The van der Waals surface area contributed by atoms with Crippen LogP contribution in [0.5, 0.6) is 5.75 Å². The highest BCUT2D eigenvalue weighted by Gasteiger charge is 2.43. The molecule has 1 aromatic heterocycles. The molecule has 3 atom stereocenters. The number of aliphatic hydroxyl groups excluding tert-OH is 1. The molecule has 1 aromatic carbocycles. The van der Waals surface area contributed by atoms with Crippen molar-refractivity contribution in [1.29, 1.82) is 5.41 Å². The Morgan fingerprint density at radius 3 is 2.69 bits per heavy atom. The van der Waals surface area contributed by atoms with Crippen LogP contribution in [0.15, 0.2) is 21.5 Å². The van der Waals surface area contributed by atoms with Crippen LogP contribution in [0.25, 0.3) is 11.1 Å². The van der Waals surface area contributed by atoms with Crippen LogP contribution in [0, 0.1) is 23.2 Å². The Bertz CT molecular complexity index is 1050. The zero-order valence-corrected chi connectivity index (χ0v) is 18.1. The van der Waals surface area contributed by atoms with Gasteiger partial charge in [-0.3, -0.25) is 4.99 Å². The van der Waals surface area contributed by atoms with E-state index in [9.17, 15) is 18.3 Å². The van der Waals surface area contributed by atoms with Crippen LogP contribution in [-0.4, -0.2) is 52.0 Å². The summed E-state index contributed by atoms with van der Waals surface area (Å²) in [7, 11) is 0. The maximum absolute atomic E-state index is 12.7. The first-order valence-corrected chi connectivity index (χ1v) is 11.8. The van der Waals surface area contributed by atoms with E-state index >= 15 is 0 Å². The second-order valence-electron chi connectivity index (χ2n) is 8.76. The van der Waals surface area contributed by atoms with Crippen LogP contribution < -0.4 is 4.74 Å². The second-order valence-corrected chi connectivity index (χ2v) is 9.84. The standard InChI is InChI=1S/C22H24F3N3O3S/c23-22(24,25)16(29)10-30-15-3-2-14(21-27-5-6-32-21)20-19(15)28-17(31-20)4-1-11-7-12-9-13(8-11)18(12)26/h2-3,11-13,16,26,29H,1,4-10H2. The van der Waals surface area contributed by atoms with Gasteiger partial charge in [-0.2, -0.15) is 13.2 Å². The van der Waals surface area contributed by atoms with Gasteiger partial charge in [-0.05, 0) is 55.6 Å². The summed E-state index contributed by atoms with van der Waals surface area (Å²) in [6.45, 7) is -0.204. The average molecular weight is 468 g/mol. The summed E-state index contributed by atoms with van der Waals surface area (Å²) >= 11 is 1.60. The molecule has 2 aromatic rings. The van der Waals surface area contributed by atoms with Crippen molar-refractivity contribution in [2.45, 2.75) is 44.4 Å². The Kier molecular flexibility index (Phi) is 5.69. The number of ether oxygens (including phenoxy) is 1. The summed E-state index contributed by atoms with van der Waals surface area (Å²) in [5.41, 5.74) is 2.48. The van der Waals surface area contributed by atoms with Crippen molar-refractivity contribution in [1.82, 2.24) is 4.98 Å². The smallest absolute Gasteiger partial charge is 0.417 e. The van der Waals surface area contributed by atoms with Gasteiger partial charge < -0.3 is 19.7 Å². The fraction of sp³-hybridized carbons (Fsp3) is 0.591. The van der Waals surface area contributed by atoms with Crippen molar-refractivity contribution in [3.63, 3.8) is 0 Å². The highest BCUT2D eigenvalue weighted by atomic mass is 32.2. The van der Waals surface area contributed by atoms with Crippen LogP contribution >= 0.6 is 11.8 Å². The second kappa shape index (κ2) is 8.37. The Morgan fingerprint density at radius 1 is 1.25 bits per heavy atom. The van der Waals surface area contributed by atoms with Gasteiger partial charge in [0.05, 0.1) is 5.56 Å². The van der Waals surface area contributed by atoms with E-state index < -0.39 is 18.9 Å². The lowest BCUT2D eigenvalue weighted by Crippen LogP contribution is -2.44. The highest BCUT2D eigenvalue weighted by Crippen LogP contribution is 2.46. The Hall–Kier alpha value is -2.07. The molecule has 3 saturated carbocycles. The maximum atomic E-state index is 12.7. The van der Waals surface area contributed by atoms with Crippen molar-refractivity contribution in [3.05, 3.63) is 23.6 Å². The first-order valence-electron chi connectivity index (χ1n) is 10.9. The Balaban J connectivity index is 1.36. The summed E-state index contributed by atoms with van der Waals surface area (Å²) in [6.07, 6.45) is -2.58. The minimum Gasteiger partial charge on any atom is -0.488 e. The monoisotopic (exact) mass is 467 g/mol. The lowest BCUT2D eigenvalue weighted by Gasteiger charge is -2.46. The highest BCUT2D eigenvalue weighted by molar-refractivity contribution is 8.14. The molecule has 2 N–H and O–H groups in total. The number of nitrogens with zero attached hydrogens (tertiary/aromatic N) is 2. The van der Waals surface area contributed by atoms with E-state index in [1.165, 1.54) is 0 Å². The van der Waals surface area contributed by atoms with Crippen LogP contribution in [0.2, 0.25) is 0 Å². The number of aryl methyl sites for hydroxylation is 1. The van der Waals surface area contributed by atoms with Crippen molar-refractivity contribution in [2.75, 3.05) is 18.9 Å². The molecule has 3 aliphatic carbocycles. The minimum atomic E-state index is -4.75. The minimum absolute atomic E-state index is 0.151. The van der Waals surface area contributed by atoms with Crippen LogP contribution in [-0.2, 0) is 6.42 Å². The molecule has 1 aliphatic heterocycles. The molecule has 6 rings (SSSR count). The maximum Gasteiger partial charge on any atom is 0.417 e. The van der Waals surface area contributed by atoms with Crippen LogP contribution in [0.4, 0.5) is 13.2 Å². The third kappa shape index (κ3) is 4.14. The van der Waals surface area contributed by atoms with E-state index in [1.54, 1.807) is 23.9 Å². The Labute approximate surface area is 187 Å². The molecular weight excluding hydrogens is 443 g/mol. The number of aromatic nitrogens is 1. The molecule has 0 spiro atoms. The summed E-state index contributed by atoms with van der Waals surface area (Å²) in [5, 5.41) is 18.1. The number of alkyl halides is 3. The van der Waals surface area contributed by atoms with Gasteiger partial charge in [-0.25, -0.2) is 4.98 Å². The van der Waals surface area contributed by atoms with E-state index in [0.29, 0.717) is 47.7 Å². The predicted octanol–water partition coefficient (Wildman–Crippen LogP) is 4.62. The largest absolute Gasteiger partial charge is 0.488 e. The third-order valence-corrected chi connectivity index (χ3v) is 7.60. The van der Waals surface area contributed by atoms with E-state index in [0.717, 1.165) is 47.8 Å². The SMILES string of the molecule is N=C1C2CC(CCc3nc4c(OCC(O)C(F)(F)F)ccc(C5=NCCS5)c4o3)CC1C2. The number of aliphatic hydroxyl groups is 1. The van der Waals surface area contributed by atoms with Crippen molar-refractivity contribution >= 4 is 33.6 Å². The number of thioether (sulfide) groups is 1. The van der Waals surface area contributed by atoms with Gasteiger partial charge in [-0.15, -0.1) is 11.8 Å². The van der Waals surface area contributed by atoms with Gasteiger partial charge in [-0.1, -0.05) is 0 Å². The molecule has 4 aliphatic rings. The summed E-state index contributed by atoms with van der Waals surface area (Å²) in [5.74, 6) is 2.95. The summed E-state index contributed by atoms with van der Waals surface area (Å²) < 4.78 is 49.4. The van der Waals surface area contributed by atoms with E-state index in [-0.39, 0.29) is 5.75 Å². The van der Waals surface area contributed by atoms with Gasteiger partial charge in [0, 0.05) is 24.4 Å². The van der Waals surface area contributed by atoms with Gasteiger partial charge >= 0.3 is 6.18 Å². The van der Waals surface area contributed by atoms with E-state index in [4.69, 9.17) is 14.6 Å². The van der Waals surface area contributed by atoms with Gasteiger partial charge in [0.15, 0.2) is 23.1 Å². The third-order valence-electron chi connectivity index (χ3n) is 6.59. The number of hydrogen-bond donors (Lipinski definition) is 2. The molecule has 3 unspecified atom stereocenters. The van der Waals surface area contributed by atoms with Crippen molar-refractivity contribution in [3.8, 4) is 5.75 Å². The molecule has 6 nitrogen and oxygen atoms in total. The number of aliphatic imine (C=N–C) groups is 1. The molecular formula is C22H24F3N3O3S. The molecule has 3 fully saturated rings. The average Bonchev–Trinajstić information content (AvgIpc) is 3.45. The van der Waals surface area contributed by atoms with E-state index in [2.05, 4.69) is 9.98 Å². The molecule has 32 heavy (non-hydrogen) atoms. The predicted molar refractivity (Wildman–Crippen MR) is 116 cm³/mol. The van der Waals surface area contributed by atoms with Crippen molar-refractivity contribution < 1.29 is 27.4 Å². The van der Waals surface area contributed by atoms with Crippen LogP contribution in [0.1, 0.15) is 37.1 Å². The van der Waals surface area contributed by atoms with Gasteiger partial charge in [0.25, 0.3) is 0 Å². The number of oxazole rings is 1. The molecule has 2 heterocycles.